The maximum atomic E-state index is 12.0. The van der Waals surface area contributed by atoms with Crippen molar-refractivity contribution in [3.8, 4) is 11.8 Å². The summed E-state index contributed by atoms with van der Waals surface area (Å²) in [5.41, 5.74) is 5.59. The van der Waals surface area contributed by atoms with Crippen LogP contribution in [0.2, 0.25) is 0 Å². The van der Waals surface area contributed by atoms with Gasteiger partial charge in [-0.3, -0.25) is 9.59 Å². The average Bonchev–Trinajstić information content (AvgIpc) is 2.87. The van der Waals surface area contributed by atoms with Crippen molar-refractivity contribution in [1.29, 1.82) is 0 Å². The normalized spacial score (nSPS) is 9.53. The number of nitrogens with two attached hydrogens (primary N) is 1. The molecular weight excluding hydrogens is 264 g/mol. The van der Waals surface area contributed by atoms with Crippen LogP contribution in [0.5, 0.6) is 0 Å². The Bertz CT molecular complexity index is 688. The van der Waals surface area contributed by atoms with Crippen LogP contribution in [-0.4, -0.2) is 22.6 Å². The number of rotatable bonds is 2. The Morgan fingerprint density at radius 3 is 3.00 bits per heavy atom. The summed E-state index contributed by atoms with van der Waals surface area (Å²) in [4.78, 5) is 23.3. The number of amides is 1. The molecule has 2 aromatic rings. The minimum absolute atomic E-state index is 0.235. The summed E-state index contributed by atoms with van der Waals surface area (Å²) in [5, 5.41) is 10.3. The number of nitrogens with one attached hydrogen (secondary N) is 2. The summed E-state index contributed by atoms with van der Waals surface area (Å²) in [6.45, 7) is 0.235. The Kier molecular flexibility index (Phi) is 4.07. The molecule has 0 aliphatic carbocycles. The van der Waals surface area contributed by atoms with Crippen LogP contribution >= 0.6 is 11.3 Å². The van der Waals surface area contributed by atoms with E-state index in [1.807, 2.05) is 0 Å². The second-order valence-corrected chi connectivity index (χ2v) is 4.35. The number of hydrogen-bond acceptors (Lipinski definition) is 5. The topological polar surface area (TPSA) is 101 Å². The third-order valence-electron chi connectivity index (χ3n) is 2.12. The predicted molar refractivity (Wildman–Crippen MR) is 73.1 cm³/mol. The molecule has 0 atom stereocenters. The van der Waals surface area contributed by atoms with Crippen LogP contribution in [0.25, 0.3) is 0 Å². The molecule has 0 aliphatic rings. The number of nitrogens with zero attached hydrogens (tertiary/aromatic N) is 1. The second kappa shape index (κ2) is 5.95. The van der Waals surface area contributed by atoms with Crippen LogP contribution in [0.4, 0.5) is 5.82 Å². The molecule has 2 rings (SSSR count). The zero-order chi connectivity index (χ0) is 13.7. The lowest BCUT2D eigenvalue weighted by molar-refractivity contribution is 0.103. The maximum absolute atomic E-state index is 12.0. The minimum Gasteiger partial charge on any atom is -0.320 e. The summed E-state index contributed by atoms with van der Waals surface area (Å²) in [7, 11) is 0. The Labute approximate surface area is 112 Å². The van der Waals surface area contributed by atoms with Crippen LogP contribution in [0.15, 0.2) is 28.4 Å². The average molecular weight is 274 g/mol. The SMILES string of the molecule is NCC#Cc1ccsc1C(=O)Nc1ccc(=O)[nH]n1. The number of carbonyl (C=O) groups is 1. The second-order valence-electron chi connectivity index (χ2n) is 3.43. The number of anilines is 1. The molecule has 6 nitrogen and oxygen atoms in total. The highest BCUT2D eigenvalue weighted by Crippen LogP contribution is 2.17. The van der Waals surface area contributed by atoms with Crippen molar-refractivity contribution in [3.05, 3.63) is 44.4 Å². The molecule has 0 radical (unpaired) electrons. The smallest absolute Gasteiger partial charge is 0.268 e. The molecular formula is C12H10N4O2S. The quantitative estimate of drug-likeness (QED) is 0.690. The lowest BCUT2D eigenvalue weighted by Gasteiger charge is -2.01. The third kappa shape index (κ3) is 3.28. The fraction of sp³-hybridized carbons (Fsp3) is 0.0833. The molecule has 19 heavy (non-hydrogen) atoms. The van der Waals surface area contributed by atoms with E-state index >= 15 is 0 Å². The van der Waals surface area contributed by atoms with Gasteiger partial charge in [-0.05, 0) is 17.5 Å². The standard InChI is InChI=1S/C12H10N4O2S/c13-6-1-2-8-5-7-19-11(8)12(18)14-9-3-4-10(17)16-15-9/h3-5,7H,6,13H2,(H,16,17)(H,14,15,18). The Balaban J connectivity index is 2.18. The molecule has 7 heteroatoms. The van der Waals surface area contributed by atoms with Gasteiger partial charge in [0.15, 0.2) is 5.82 Å². The summed E-state index contributed by atoms with van der Waals surface area (Å²) >= 11 is 1.28. The van der Waals surface area contributed by atoms with E-state index in [2.05, 4.69) is 27.4 Å². The van der Waals surface area contributed by atoms with Crippen molar-refractivity contribution in [1.82, 2.24) is 10.2 Å². The van der Waals surface area contributed by atoms with Crippen LogP contribution in [0.1, 0.15) is 15.2 Å². The van der Waals surface area contributed by atoms with Gasteiger partial charge in [0.05, 0.1) is 6.54 Å². The molecule has 1 amide bonds. The van der Waals surface area contributed by atoms with Crippen molar-refractivity contribution in [2.45, 2.75) is 0 Å². The summed E-state index contributed by atoms with van der Waals surface area (Å²) in [6, 6.07) is 4.46. The predicted octanol–water partition coefficient (Wildman–Crippen LogP) is 0.394. The number of aromatic nitrogens is 2. The number of aromatic amines is 1. The fourth-order valence-electron chi connectivity index (χ4n) is 1.32. The molecule has 0 aromatic carbocycles. The zero-order valence-corrected chi connectivity index (χ0v) is 10.6. The van der Waals surface area contributed by atoms with E-state index < -0.39 is 0 Å². The first-order valence-corrected chi connectivity index (χ1v) is 6.22. The van der Waals surface area contributed by atoms with Crippen molar-refractivity contribution in [2.24, 2.45) is 5.73 Å². The van der Waals surface area contributed by atoms with Crippen molar-refractivity contribution >= 4 is 23.1 Å². The van der Waals surface area contributed by atoms with Crippen molar-refractivity contribution < 1.29 is 4.79 Å². The third-order valence-corrected chi connectivity index (χ3v) is 3.03. The van der Waals surface area contributed by atoms with Crippen LogP contribution < -0.4 is 16.6 Å². The molecule has 0 aliphatic heterocycles. The highest BCUT2D eigenvalue weighted by Gasteiger charge is 2.12. The number of H-pyrrole nitrogens is 1. The number of hydrogen-bond donors (Lipinski definition) is 3. The van der Waals surface area contributed by atoms with Crippen LogP contribution in [0, 0.1) is 11.8 Å². The first-order chi connectivity index (χ1) is 9.20. The molecule has 96 valence electrons. The molecule has 2 aromatic heterocycles. The summed E-state index contributed by atoms with van der Waals surface area (Å²) in [5.74, 6) is 5.47. The summed E-state index contributed by atoms with van der Waals surface area (Å²) in [6.07, 6.45) is 0. The highest BCUT2D eigenvalue weighted by atomic mass is 32.1. The molecule has 2 heterocycles. The van der Waals surface area contributed by atoms with Gasteiger partial charge in [-0.25, -0.2) is 5.10 Å². The monoisotopic (exact) mass is 274 g/mol. The Morgan fingerprint density at radius 2 is 2.32 bits per heavy atom. The Hall–Kier alpha value is -2.43. The van der Waals surface area contributed by atoms with Gasteiger partial charge in [0, 0.05) is 11.6 Å². The summed E-state index contributed by atoms with van der Waals surface area (Å²) < 4.78 is 0. The maximum Gasteiger partial charge on any atom is 0.268 e. The first kappa shape index (κ1) is 13.0. The molecule has 0 spiro atoms. The van der Waals surface area contributed by atoms with E-state index in [0.717, 1.165) is 0 Å². The van der Waals surface area contributed by atoms with E-state index in [0.29, 0.717) is 10.4 Å². The Morgan fingerprint density at radius 1 is 1.47 bits per heavy atom. The first-order valence-electron chi connectivity index (χ1n) is 5.34. The van der Waals surface area contributed by atoms with E-state index in [1.165, 1.54) is 23.5 Å². The minimum atomic E-state index is -0.330. The largest absolute Gasteiger partial charge is 0.320 e. The van der Waals surface area contributed by atoms with Gasteiger partial charge >= 0.3 is 0 Å². The molecule has 0 fully saturated rings. The fourth-order valence-corrected chi connectivity index (χ4v) is 2.06. The van der Waals surface area contributed by atoms with Gasteiger partial charge in [0.2, 0.25) is 0 Å². The van der Waals surface area contributed by atoms with Gasteiger partial charge in [0.1, 0.15) is 4.88 Å². The molecule has 0 saturated carbocycles. The lowest BCUT2D eigenvalue weighted by atomic mass is 10.2. The molecule has 0 bridgehead atoms. The zero-order valence-electron chi connectivity index (χ0n) is 9.77. The van der Waals surface area contributed by atoms with Gasteiger partial charge in [0.25, 0.3) is 11.5 Å². The number of carbonyl (C=O) groups excluding carboxylic acids is 1. The molecule has 0 unspecified atom stereocenters. The van der Waals surface area contributed by atoms with Gasteiger partial charge < -0.3 is 11.1 Å². The van der Waals surface area contributed by atoms with Gasteiger partial charge in [-0.15, -0.1) is 11.3 Å². The van der Waals surface area contributed by atoms with Gasteiger partial charge in [-0.1, -0.05) is 11.8 Å². The van der Waals surface area contributed by atoms with Crippen LogP contribution in [-0.2, 0) is 0 Å². The van der Waals surface area contributed by atoms with E-state index in [9.17, 15) is 9.59 Å². The van der Waals surface area contributed by atoms with Crippen LogP contribution in [0.3, 0.4) is 0 Å². The highest BCUT2D eigenvalue weighted by molar-refractivity contribution is 7.12. The van der Waals surface area contributed by atoms with E-state index in [-0.39, 0.29) is 23.8 Å². The van der Waals surface area contributed by atoms with Crippen molar-refractivity contribution in [3.63, 3.8) is 0 Å². The van der Waals surface area contributed by atoms with E-state index in [1.54, 1.807) is 11.4 Å². The van der Waals surface area contributed by atoms with Gasteiger partial charge in [-0.2, -0.15) is 5.10 Å². The van der Waals surface area contributed by atoms with Crippen molar-refractivity contribution in [2.75, 3.05) is 11.9 Å². The number of thiophene rings is 1. The van der Waals surface area contributed by atoms with E-state index in [4.69, 9.17) is 5.73 Å². The molecule has 4 N–H and O–H groups in total. The lowest BCUT2D eigenvalue weighted by Crippen LogP contribution is -2.15. The molecule has 0 saturated heterocycles.